The largest absolute Gasteiger partial charge is 0.481 e. The summed E-state index contributed by atoms with van der Waals surface area (Å²) in [6, 6.07) is 22.3. The molecule has 0 unspecified atom stereocenters. The number of hydrogen-bond donors (Lipinski definition) is 1. The third-order valence-corrected chi connectivity index (χ3v) is 7.60. The third-order valence-electron chi connectivity index (χ3n) is 7.60. The van der Waals surface area contributed by atoms with Crippen LogP contribution in [0.4, 0.5) is 13.2 Å². The van der Waals surface area contributed by atoms with E-state index in [0.29, 0.717) is 16.5 Å². The predicted octanol–water partition coefficient (Wildman–Crippen LogP) is 8.03. The van der Waals surface area contributed by atoms with E-state index in [0.717, 1.165) is 33.7 Å². The lowest BCUT2D eigenvalue weighted by molar-refractivity contribution is -0.153. The fourth-order valence-corrected chi connectivity index (χ4v) is 4.96. The fraction of sp³-hybridized carbons (Fsp3) is 0.206. The number of nitrogens with zero attached hydrogens (tertiary/aromatic N) is 2. The molecule has 0 saturated heterocycles. The van der Waals surface area contributed by atoms with Crippen molar-refractivity contribution in [3.8, 4) is 11.1 Å². The normalized spacial score (nSPS) is 12.0. The number of halogens is 3. The van der Waals surface area contributed by atoms with Crippen LogP contribution < -0.4 is 0 Å². The zero-order chi connectivity index (χ0) is 30.9. The molecule has 0 atom stereocenters. The number of aliphatic carboxylic acids is 1. The van der Waals surface area contributed by atoms with Crippen molar-refractivity contribution in [2.24, 2.45) is 0 Å². The molecule has 0 aliphatic carbocycles. The fourth-order valence-electron chi connectivity index (χ4n) is 4.96. The van der Waals surface area contributed by atoms with Crippen molar-refractivity contribution < 1.29 is 32.3 Å². The van der Waals surface area contributed by atoms with E-state index in [4.69, 9.17) is 4.42 Å². The maximum absolute atomic E-state index is 14.1. The van der Waals surface area contributed by atoms with Gasteiger partial charge in [-0.15, -0.1) is 0 Å². The van der Waals surface area contributed by atoms with Crippen LogP contribution in [0.25, 0.3) is 21.9 Å². The first-order chi connectivity index (χ1) is 20.3. The average molecular weight is 587 g/mol. The molecule has 0 aliphatic heterocycles. The zero-order valence-corrected chi connectivity index (χ0v) is 23.8. The van der Waals surface area contributed by atoms with E-state index in [9.17, 15) is 27.9 Å². The molecular formula is C34H29F3N2O4. The molecular weight excluding hydrogens is 557 g/mol. The molecule has 2 aromatic heterocycles. The second kappa shape index (κ2) is 11.4. The lowest BCUT2D eigenvalue weighted by atomic mass is 9.83. The molecule has 5 aromatic rings. The zero-order valence-electron chi connectivity index (χ0n) is 23.8. The number of furan rings is 1. The standard InChI is InChI=1S/C34H29F3N2O4/c1-21-7-10-25-18-38-16-15-28(25)30(21)31(40)39(20-27-13-14-29(43-27)34(35,36)37)19-22-8-11-23(12-9-22)24-5-4-6-26(17-24)33(2,3)32(41)42/h4-18H,19-20H2,1-3H3,(H,41,42). The minimum atomic E-state index is -4.64. The molecule has 2 heterocycles. The first-order valence-corrected chi connectivity index (χ1v) is 13.6. The van der Waals surface area contributed by atoms with Crippen molar-refractivity contribution in [1.82, 2.24) is 9.88 Å². The number of aromatic nitrogens is 1. The van der Waals surface area contributed by atoms with Gasteiger partial charge in [0.25, 0.3) is 5.91 Å². The van der Waals surface area contributed by atoms with Crippen LogP contribution in [0.3, 0.4) is 0 Å². The molecule has 1 amide bonds. The van der Waals surface area contributed by atoms with Gasteiger partial charge in [-0.2, -0.15) is 13.2 Å². The Kier molecular flexibility index (Phi) is 7.84. The van der Waals surface area contributed by atoms with Crippen LogP contribution >= 0.6 is 0 Å². The van der Waals surface area contributed by atoms with Gasteiger partial charge in [0, 0.05) is 24.3 Å². The molecule has 43 heavy (non-hydrogen) atoms. The Bertz CT molecular complexity index is 1810. The van der Waals surface area contributed by atoms with Gasteiger partial charge in [0.2, 0.25) is 5.76 Å². The van der Waals surface area contributed by atoms with Gasteiger partial charge in [0.05, 0.1) is 17.5 Å². The van der Waals surface area contributed by atoms with Gasteiger partial charge >= 0.3 is 12.1 Å². The van der Waals surface area contributed by atoms with E-state index in [1.165, 1.54) is 11.0 Å². The van der Waals surface area contributed by atoms with E-state index >= 15 is 0 Å². The number of aryl methyl sites for hydroxylation is 1. The molecule has 0 saturated carbocycles. The highest BCUT2D eigenvalue weighted by Gasteiger charge is 2.35. The molecule has 3 aromatic carbocycles. The minimum absolute atomic E-state index is 0.00899. The van der Waals surface area contributed by atoms with Crippen molar-refractivity contribution in [2.45, 2.75) is 45.5 Å². The number of benzene rings is 3. The summed E-state index contributed by atoms with van der Waals surface area (Å²) in [4.78, 5) is 31.4. The number of pyridine rings is 1. The summed E-state index contributed by atoms with van der Waals surface area (Å²) in [6.45, 7) is 5.04. The monoisotopic (exact) mass is 586 g/mol. The number of carbonyl (C=O) groups excluding carboxylic acids is 1. The average Bonchev–Trinajstić information content (AvgIpc) is 3.46. The maximum Gasteiger partial charge on any atom is 0.449 e. The van der Waals surface area contributed by atoms with E-state index in [1.54, 1.807) is 38.4 Å². The Morgan fingerprint density at radius 1 is 0.907 bits per heavy atom. The van der Waals surface area contributed by atoms with Crippen LogP contribution in [-0.4, -0.2) is 26.9 Å². The van der Waals surface area contributed by atoms with Crippen LogP contribution in [-0.2, 0) is 29.5 Å². The Hall–Kier alpha value is -4.92. The minimum Gasteiger partial charge on any atom is -0.481 e. The smallest absolute Gasteiger partial charge is 0.449 e. The van der Waals surface area contributed by atoms with Crippen molar-refractivity contribution in [3.63, 3.8) is 0 Å². The molecule has 6 nitrogen and oxygen atoms in total. The molecule has 5 rings (SSSR count). The Labute approximate surface area is 246 Å². The second-order valence-electron chi connectivity index (χ2n) is 11.0. The summed E-state index contributed by atoms with van der Waals surface area (Å²) in [5.74, 6) is -2.40. The van der Waals surface area contributed by atoms with Crippen LogP contribution in [0, 0.1) is 6.92 Å². The van der Waals surface area contributed by atoms with E-state index in [2.05, 4.69) is 4.98 Å². The van der Waals surface area contributed by atoms with Gasteiger partial charge in [-0.3, -0.25) is 14.6 Å². The van der Waals surface area contributed by atoms with Crippen molar-refractivity contribution in [1.29, 1.82) is 0 Å². The number of carboxylic acids is 1. The Morgan fingerprint density at radius 3 is 2.33 bits per heavy atom. The second-order valence-corrected chi connectivity index (χ2v) is 11.0. The number of carbonyl (C=O) groups is 2. The highest BCUT2D eigenvalue weighted by Crippen LogP contribution is 2.32. The van der Waals surface area contributed by atoms with Crippen molar-refractivity contribution >= 4 is 22.6 Å². The third kappa shape index (κ3) is 6.16. The quantitative estimate of drug-likeness (QED) is 0.199. The molecule has 0 radical (unpaired) electrons. The molecule has 0 spiro atoms. The van der Waals surface area contributed by atoms with Gasteiger partial charge in [0.1, 0.15) is 5.76 Å². The van der Waals surface area contributed by atoms with Gasteiger partial charge in [-0.25, -0.2) is 0 Å². The summed E-state index contributed by atoms with van der Waals surface area (Å²) in [6.07, 6.45) is -1.39. The number of fused-ring (bicyclic) bond motifs is 1. The Morgan fingerprint density at radius 2 is 1.65 bits per heavy atom. The summed E-state index contributed by atoms with van der Waals surface area (Å²) in [5, 5.41) is 11.1. The van der Waals surface area contributed by atoms with Gasteiger partial charge < -0.3 is 14.4 Å². The molecule has 0 bridgehead atoms. The highest BCUT2D eigenvalue weighted by molar-refractivity contribution is 6.08. The molecule has 9 heteroatoms. The van der Waals surface area contributed by atoms with Gasteiger partial charge in [-0.1, -0.05) is 60.7 Å². The van der Waals surface area contributed by atoms with E-state index < -0.39 is 23.3 Å². The first kappa shape index (κ1) is 29.6. The van der Waals surface area contributed by atoms with Crippen LogP contribution in [0.1, 0.15) is 52.4 Å². The SMILES string of the molecule is Cc1ccc2cnccc2c1C(=O)N(Cc1ccc(-c2cccc(C(C)(C)C(=O)O)c2)cc1)Cc1ccc(C(F)(F)F)o1. The van der Waals surface area contributed by atoms with Crippen LogP contribution in [0.5, 0.6) is 0 Å². The van der Waals surface area contributed by atoms with Crippen LogP contribution in [0.15, 0.2) is 95.7 Å². The van der Waals surface area contributed by atoms with Gasteiger partial charge in [-0.05, 0) is 72.2 Å². The molecule has 220 valence electrons. The van der Waals surface area contributed by atoms with Gasteiger partial charge in [0.15, 0.2) is 0 Å². The Balaban J connectivity index is 1.48. The molecule has 0 fully saturated rings. The van der Waals surface area contributed by atoms with Crippen molar-refractivity contribution in [2.75, 3.05) is 0 Å². The molecule has 0 aliphatic rings. The number of alkyl halides is 3. The van der Waals surface area contributed by atoms with E-state index in [-0.39, 0.29) is 24.8 Å². The topological polar surface area (TPSA) is 83.6 Å². The summed E-state index contributed by atoms with van der Waals surface area (Å²) >= 11 is 0. The highest BCUT2D eigenvalue weighted by atomic mass is 19.4. The van der Waals surface area contributed by atoms with Crippen LogP contribution in [0.2, 0.25) is 0 Å². The number of amides is 1. The maximum atomic E-state index is 14.1. The lowest BCUT2D eigenvalue weighted by Crippen LogP contribution is -2.30. The van der Waals surface area contributed by atoms with E-state index in [1.807, 2.05) is 61.5 Å². The summed E-state index contributed by atoms with van der Waals surface area (Å²) in [7, 11) is 0. The predicted molar refractivity (Wildman–Crippen MR) is 156 cm³/mol. The number of rotatable bonds is 8. The first-order valence-electron chi connectivity index (χ1n) is 13.6. The summed E-state index contributed by atoms with van der Waals surface area (Å²) in [5.41, 5.74) is 3.20. The molecule has 1 N–H and O–H groups in total. The lowest BCUT2D eigenvalue weighted by Gasteiger charge is -2.24. The number of carboxylic acid groups (broad SMARTS) is 1. The summed E-state index contributed by atoms with van der Waals surface area (Å²) < 4.78 is 44.8. The number of hydrogen-bond acceptors (Lipinski definition) is 4. The van der Waals surface area contributed by atoms with Crippen molar-refractivity contribution in [3.05, 3.63) is 125 Å².